The number of thiophene rings is 1. The fourth-order valence-electron chi connectivity index (χ4n) is 7.22. The summed E-state index contributed by atoms with van der Waals surface area (Å²) in [4.78, 5) is 30.4. The summed E-state index contributed by atoms with van der Waals surface area (Å²) in [5, 5.41) is 15.3. The van der Waals surface area contributed by atoms with Gasteiger partial charge in [-0.25, -0.2) is 9.59 Å². The van der Waals surface area contributed by atoms with Crippen molar-refractivity contribution in [1.29, 1.82) is 0 Å². The fourth-order valence-corrected chi connectivity index (χ4v) is 8.62. The van der Waals surface area contributed by atoms with Gasteiger partial charge in [0.15, 0.2) is 23.9 Å². The second-order valence-corrected chi connectivity index (χ2v) is 15.7. The molecule has 0 aliphatic carbocycles. The number of carbonyl (C=O) groups excluding carboxylic acids is 2. The minimum atomic E-state index is -0.844. The predicted molar refractivity (Wildman–Crippen MR) is 213 cm³/mol. The quantitative estimate of drug-likeness (QED) is 0.0670. The zero-order chi connectivity index (χ0) is 39.2. The number of halogens is 2. The molecule has 11 nitrogen and oxygen atoms in total. The van der Waals surface area contributed by atoms with Gasteiger partial charge in [-0.15, -0.1) is 11.3 Å². The lowest BCUT2D eigenvalue weighted by Gasteiger charge is -2.43. The number of amides is 1. The maximum atomic E-state index is 13.6. The molecule has 2 aromatic heterocycles. The Morgan fingerprint density at radius 1 is 0.893 bits per heavy atom. The minimum absolute atomic E-state index is 0.0909. The number of benzene rings is 3. The highest BCUT2D eigenvalue weighted by atomic mass is 35.5. The summed E-state index contributed by atoms with van der Waals surface area (Å²) in [7, 11) is 3.04. The van der Waals surface area contributed by atoms with E-state index in [2.05, 4.69) is 10.2 Å². The molecule has 0 radical (unpaired) electrons. The van der Waals surface area contributed by atoms with Crippen molar-refractivity contribution in [2.45, 2.75) is 44.1 Å². The third-order valence-electron chi connectivity index (χ3n) is 10.2. The molecule has 0 saturated carbocycles. The largest absolute Gasteiger partial charge is 0.619 e. The summed E-state index contributed by atoms with van der Waals surface area (Å²) >= 11 is 14.1. The number of nitrogens with zero attached hydrogens (tertiary/aromatic N) is 2. The van der Waals surface area contributed by atoms with Gasteiger partial charge in [0.2, 0.25) is 0 Å². The molecule has 3 aliphatic rings. The predicted octanol–water partition coefficient (Wildman–Crippen LogP) is 8.34. The summed E-state index contributed by atoms with van der Waals surface area (Å²) in [6.45, 7) is 3.10. The van der Waals surface area contributed by atoms with E-state index in [9.17, 15) is 14.8 Å². The lowest BCUT2D eigenvalue weighted by Crippen LogP contribution is -2.52. The van der Waals surface area contributed by atoms with Crippen LogP contribution < -0.4 is 24.3 Å². The molecule has 3 fully saturated rings. The Labute approximate surface area is 339 Å². The van der Waals surface area contributed by atoms with E-state index >= 15 is 0 Å². The second kappa shape index (κ2) is 17.8. The highest BCUT2D eigenvalue weighted by molar-refractivity contribution is 7.13. The van der Waals surface area contributed by atoms with Gasteiger partial charge in [-0.05, 0) is 84.9 Å². The third kappa shape index (κ3) is 9.33. The molecule has 1 amide bonds. The van der Waals surface area contributed by atoms with Gasteiger partial charge in [-0.1, -0.05) is 71.7 Å². The number of methoxy groups -OCH3 is 2. The maximum Gasteiger partial charge on any atom is 0.408 e. The van der Waals surface area contributed by atoms with Crippen molar-refractivity contribution in [1.82, 2.24) is 10.2 Å². The summed E-state index contributed by atoms with van der Waals surface area (Å²) in [5.41, 5.74) is 2.80. The van der Waals surface area contributed by atoms with Crippen molar-refractivity contribution in [2.75, 3.05) is 33.9 Å². The van der Waals surface area contributed by atoms with Crippen LogP contribution in [0.1, 0.15) is 61.8 Å². The van der Waals surface area contributed by atoms with Gasteiger partial charge < -0.3 is 34.2 Å². The lowest BCUT2D eigenvalue weighted by molar-refractivity contribution is -0.605. The molecule has 3 saturated heterocycles. The Morgan fingerprint density at radius 2 is 1.62 bits per heavy atom. The van der Waals surface area contributed by atoms with Crippen molar-refractivity contribution in [3.63, 3.8) is 0 Å². The molecule has 0 spiro atoms. The van der Waals surface area contributed by atoms with Gasteiger partial charge in [0.25, 0.3) is 0 Å². The van der Waals surface area contributed by atoms with Gasteiger partial charge in [-0.3, -0.25) is 4.90 Å². The van der Waals surface area contributed by atoms with Crippen LogP contribution in [-0.4, -0.2) is 56.9 Å². The molecule has 56 heavy (non-hydrogen) atoms. The number of hydrogen-bond acceptors (Lipinski definition) is 10. The van der Waals surface area contributed by atoms with Crippen LogP contribution in [0.25, 0.3) is 0 Å². The Hall–Kier alpha value is -5.01. The Morgan fingerprint density at radius 3 is 2.32 bits per heavy atom. The van der Waals surface area contributed by atoms with Crippen molar-refractivity contribution < 1.29 is 38.0 Å². The van der Waals surface area contributed by atoms with E-state index < -0.39 is 24.2 Å². The van der Waals surface area contributed by atoms with Crippen molar-refractivity contribution >= 4 is 46.6 Å². The number of nitrogens with one attached hydrogen (secondary N) is 1. The molecule has 5 heterocycles. The summed E-state index contributed by atoms with van der Waals surface area (Å²) in [6, 6.07) is 25.6. The standard InChI is InChI=1S/C42H41Cl2N3O8S/c1-51-35-13-11-28(20-37(35)52-2)36(21-32-33(43)22-47(50)23-34(32)44)54-41(48)39-14-12-31(56-39)25-53-30-10-6-9-29(19-30)40(27-7-4-3-5-8-27)45-42(49)55-38-24-46-17-15-26(38)16-18-46/h3-14,19-20,22-23,26,36,38,40H,15-18,21,24-25H2,1-2H3,(H,45,49)/t36-,38-,40-/m0/s1. The zero-order valence-electron chi connectivity index (χ0n) is 30.8. The van der Waals surface area contributed by atoms with Crippen LogP contribution in [0.4, 0.5) is 4.79 Å². The minimum Gasteiger partial charge on any atom is -0.619 e. The van der Waals surface area contributed by atoms with Crippen LogP contribution in [0.2, 0.25) is 10.0 Å². The average molecular weight is 819 g/mol. The molecule has 8 rings (SSSR count). The average Bonchev–Trinajstić information content (AvgIpc) is 3.70. The van der Waals surface area contributed by atoms with Crippen LogP contribution >= 0.6 is 34.5 Å². The van der Waals surface area contributed by atoms with E-state index in [-0.39, 0.29) is 29.2 Å². The molecule has 3 aliphatic heterocycles. The van der Waals surface area contributed by atoms with E-state index in [0.717, 1.165) is 48.5 Å². The first kappa shape index (κ1) is 39.2. The van der Waals surface area contributed by atoms with E-state index in [0.29, 0.717) is 43.9 Å². The first-order valence-electron chi connectivity index (χ1n) is 18.2. The number of alkyl carbamates (subject to hydrolysis) is 1. The van der Waals surface area contributed by atoms with Crippen LogP contribution in [0.3, 0.4) is 0 Å². The Balaban J connectivity index is 1.04. The number of rotatable bonds is 14. The van der Waals surface area contributed by atoms with Crippen molar-refractivity contribution in [2.24, 2.45) is 5.92 Å². The fraction of sp³-hybridized carbons (Fsp3) is 0.310. The number of pyridine rings is 1. The molecule has 1 N–H and O–H groups in total. The van der Waals surface area contributed by atoms with Gasteiger partial charge >= 0.3 is 12.1 Å². The highest BCUT2D eigenvalue weighted by Gasteiger charge is 2.37. The third-order valence-corrected chi connectivity index (χ3v) is 11.9. The first-order chi connectivity index (χ1) is 27.2. The van der Waals surface area contributed by atoms with Crippen LogP contribution in [0.15, 0.2) is 97.3 Å². The van der Waals surface area contributed by atoms with Crippen LogP contribution in [-0.2, 0) is 22.5 Å². The smallest absolute Gasteiger partial charge is 0.408 e. The lowest BCUT2D eigenvalue weighted by atomic mass is 9.86. The molecule has 14 heteroatoms. The van der Waals surface area contributed by atoms with Gasteiger partial charge in [0.05, 0.1) is 20.3 Å². The number of ether oxygens (including phenoxy) is 5. The van der Waals surface area contributed by atoms with Crippen LogP contribution in [0, 0.1) is 11.1 Å². The summed E-state index contributed by atoms with van der Waals surface area (Å²) in [6.07, 6.45) is 3.19. The van der Waals surface area contributed by atoms with Crippen molar-refractivity contribution in [3.8, 4) is 17.2 Å². The molecular weight excluding hydrogens is 777 g/mol. The van der Waals surface area contributed by atoms with Crippen LogP contribution in [0.5, 0.6) is 17.2 Å². The number of hydrogen-bond donors (Lipinski definition) is 1. The molecule has 292 valence electrons. The Bertz CT molecular complexity index is 2140. The molecule has 3 aromatic carbocycles. The zero-order valence-corrected chi connectivity index (χ0v) is 33.1. The molecular formula is C42H41Cl2N3O8S. The second-order valence-electron chi connectivity index (χ2n) is 13.7. The number of esters is 1. The van der Waals surface area contributed by atoms with E-state index in [1.54, 1.807) is 24.3 Å². The van der Waals surface area contributed by atoms with Gasteiger partial charge in [0, 0.05) is 23.4 Å². The van der Waals surface area contributed by atoms with E-state index in [1.165, 1.54) is 38.0 Å². The molecule has 0 unspecified atom stereocenters. The number of fused-ring (bicyclic) bond motifs is 3. The SMILES string of the molecule is COc1ccc([C@H](Cc2c(Cl)c[n+]([O-])cc2Cl)OC(=O)c2ccc(COc3cccc([C@@H](NC(=O)O[C@H]4CN5CCC4CC5)c4ccccc4)c3)s2)cc1OC. The molecule has 5 aromatic rings. The van der Waals surface area contributed by atoms with Crippen molar-refractivity contribution in [3.05, 3.63) is 145 Å². The number of piperidine rings is 3. The topological polar surface area (TPSA) is 123 Å². The summed E-state index contributed by atoms with van der Waals surface area (Å²) in [5.74, 6) is 1.39. The van der Waals surface area contributed by atoms with E-state index in [1.807, 2.05) is 60.7 Å². The normalized spacial score (nSPS) is 18.4. The number of carbonyl (C=O) groups is 2. The monoisotopic (exact) mass is 817 g/mol. The highest BCUT2D eigenvalue weighted by Crippen LogP contribution is 2.36. The Kier molecular flexibility index (Phi) is 12.5. The first-order valence-corrected chi connectivity index (χ1v) is 19.8. The molecule has 2 bridgehead atoms. The number of aromatic nitrogens is 1. The molecule has 3 atom stereocenters. The van der Waals surface area contributed by atoms with Gasteiger partial charge in [-0.2, -0.15) is 4.73 Å². The van der Waals surface area contributed by atoms with Gasteiger partial charge in [0.1, 0.15) is 39.5 Å². The summed E-state index contributed by atoms with van der Waals surface area (Å²) < 4.78 is 29.7. The van der Waals surface area contributed by atoms with E-state index in [4.69, 9.17) is 46.9 Å². The maximum absolute atomic E-state index is 13.6.